The van der Waals surface area contributed by atoms with Crippen molar-refractivity contribution in [3.05, 3.63) is 89.5 Å². The maximum atomic E-state index is 12.8. The minimum Gasteiger partial charge on any atom is -0.211 e. The molecule has 150 valence electrons. The van der Waals surface area contributed by atoms with Crippen LogP contribution in [0, 0.1) is 0 Å². The fourth-order valence-electron chi connectivity index (χ4n) is 4.20. The smallest absolute Gasteiger partial charge is 0.211 e. The normalized spacial score (nSPS) is 15.1. The molecule has 0 radical (unpaired) electrons. The van der Waals surface area contributed by atoms with E-state index in [-0.39, 0.29) is 5.92 Å². The van der Waals surface area contributed by atoms with Crippen LogP contribution < -0.4 is 4.72 Å². The van der Waals surface area contributed by atoms with Gasteiger partial charge in [0, 0.05) is 12.5 Å². The van der Waals surface area contributed by atoms with Crippen LogP contribution in [0.4, 0.5) is 0 Å². The molecule has 3 nitrogen and oxygen atoms in total. The highest BCUT2D eigenvalue weighted by atomic mass is 32.2. The number of sulfonamides is 1. The quantitative estimate of drug-likeness (QED) is 0.382. The number of hydrogen-bond acceptors (Lipinski definition) is 2. The van der Waals surface area contributed by atoms with E-state index in [1.54, 1.807) is 6.07 Å². The lowest BCUT2D eigenvalue weighted by Gasteiger charge is -2.14. The molecule has 1 aliphatic carbocycles. The third-order valence-electron chi connectivity index (χ3n) is 5.66. The summed E-state index contributed by atoms with van der Waals surface area (Å²) in [5.41, 5.74) is 5.76. The third kappa shape index (κ3) is 4.00. The molecule has 3 aromatic rings. The largest absolute Gasteiger partial charge is 0.240 e. The maximum Gasteiger partial charge on any atom is 0.240 e. The molecular formula is C25H27NO2S. The highest BCUT2D eigenvalue weighted by Gasteiger charge is 2.30. The van der Waals surface area contributed by atoms with E-state index in [9.17, 15) is 8.42 Å². The van der Waals surface area contributed by atoms with E-state index in [1.807, 2.05) is 24.3 Å². The van der Waals surface area contributed by atoms with Gasteiger partial charge in [-0.25, -0.2) is 13.1 Å². The zero-order chi connectivity index (χ0) is 20.3. The van der Waals surface area contributed by atoms with Gasteiger partial charge in [-0.05, 0) is 46.4 Å². The van der Waals surface area contributed by atoms with E-state index in [1.165, 1.54) is 16.7 Å². The van der Waals surface area contributed by atoms with E-state index in [4.69, 9.17) is 0 Å². The van der Waals surface area contributed by atoms with E-state index in [0.29, 0.717) is 11.4 Å². The van der Waals surface area contributed by atoms with Gasteiger partial charge in [-0.15, -0.1) is 0 Å². The van der Waals surface area contributed by atoms with Gasteiger partial charge in [0.25, 0.3) is 0 Å². The molecule has 4 heteroatoms. The Kier molecular flexibility index (Phi) is 5.84. The second-order valence-electron chi connectivity index (χ2n) is 7.64. The minimum absolute atomic E-state index is 0.140. The Hall–Kier alpha value is -2.43. The molecule has 1 N–H and O–H groups in total. The Morgan fingerprint density at radius 2 is 1.52 bits per heavy atom. The maximum absolute atomic E-state index is 12.8. The van der Waals surface area contributed by atoms with Crippen LogP contribution >= 0.6 is 0 Å². The van der Waals surface area contributed by atoms with Crippen molar-refractivity contribution in [1.82, 2.24) is 4.72 Å². The molecule has 1 unspecified atom stereocenters. The van der Waals surface area contributed by atoms with Crippen molar-refractivity contribution >= 4 is 10.0 Å². The SMILES string of the molecule is CCCCCCNS(=O)(=O)c1ccc2c(c1)-c1ccccc1C2c1ccccc1. The van der Waals surface area contributed by atoms with Crippen LogP contribution in [0.3, 0.4) is 0 Å². The first kappa shape index (κ1) is 19.9. The van der Waals surface area contributed by atoms with Crippen LogP contribution in [0.2, 0.25) is 0 Å². The van der Waals surface area contributed by atoms with E-state index < -0.39 is 10.0 Å². The number of rotatable bonds is 8. The Morgan fingerprint density at radius 3 is 2.31 bits per heavy atom. The molecule has 0 spiro atoms. The van der Waals surface area contributed by atoms with E-state index in [2.05, 4.69) is 54.1 Å². The summed E-state index contributed by atoms with van der Waals surface area (Å²) < 4.78 is 28.4. The summed E-state index contributed by atoms with van der Waals surface area (Å²) in [6, 6.07) is 24.3. The van der Waals surface area contributed by atoms with Gasteiger partial charge in [0.1, 0.15) is 0 Å². The van der Waals surface area contributed by atoms with Crippen molar-refractivity contribution < 1.29 is 8.42 Å². The molecule has 0 bridgehead atoms. The summed E-state index contributed by atoms with van der Waals surface area (Å²) in [5, 5.41) is 0. The van der Waals surface area contributed by atoms with Gasteiger partial charge in [0.2, 0.25) is 10.0 Å². The highest BCUT2D eigenvalue weighted by molar-refractivity contribution is 7.89. The third-order valence-corrected chi connectivity index (χ3v) is 7.12. The molecule has 1 aliphatic rings. The van der Waals surface area contributed by atoms with Gasteiger partial charge in [-0.3, -0.25) is 0 Å². The Labute approximate surface area is 173 Å². The lowest BCUT2D eigenvalue weighted by Crippen LogP contribution is -2.24. The minimum atomic E-state index is -3.50. The van der Waals surface area contributed by atoms with Crippen molar-refractivity contribution in [3.8, 4) is 11.1 Å². The van der Waals surface area contributed by atoms with Crippen LogP contribution in [0.1, 0.15) is 55.2 Å². The summed E-state index contributed by atoms with van der Waals surface area (Å²) in [5.74, 6) is 0.140. The molecule has 0 saturated heterocycles. The molecule has 1 atom stereocenters. The molecule has 0 aliphatic heterocycles. The summed E-state index contributed by atoms with van der Waals surface area (Å²) in [6.07, 6.45) is 4.20. The summed E-state index contributed by atoms with van der Waals surface area (Å²) in [6.45, 7) is 2.64. The predicted molar refractivity (Wildman–Crippen MR) is 119 cm³/mol. The Balaban J connectivity index is 1.67. The summed E-state index contributed by atoms with van der Waals surface area (Å²) in [7, 11) is -3.50. The highest BCUT2D eigenvalue weighted by Crippen LogP contribution is 2.48. The zero-order valence-electron chi connectivity index (χ0n) is 16.8. The van der Waals surface area contributed by atoms with E-state index >= 15 is 0 Å². The van der Waals surface area contributed by atoms with Crippen LogP contribution in [-0.2, 0) is 10.0 Å². The van der Waals surface area contributed by atoms with Crippen molar-refractivity contribution in [3.63, 3.8) is 0 Å². The van der Waals surface area contributed by atoms with Crippen molar-refractivity contribution in [1.29, 1.82) is 0 Å². The van der Waals surface area contributed by atoms with Gasteiger partial charge >= 0.3 is 0 Å². The summed E-state index contributed by atoms with van der Waals surface area (Å²) >= 11 is 0. The van der Waals surface area contributed by atoms with Crippen molar-refractivity contribution in [2.75, 3.05) is 6.54 Å². The zero-order valence-corrected chi connectivity index (χ0v) is 17.6. The Morgan fingerprint density at radius 1 is 0.793 bits per heavy atom. The van der Waals surface area contributed by atoms with Gasteiger partial charge < -0.3 is 0 Å². The standard InChI is InChI=1S/C25H27NO2S/c1-2-3-4-10-17-26-29(27,28)20-15-16-23-24(18-20)21-13-8-9-14-22(21)25(23)19-11-6-5-7-12-19/h5-9,11-16,18,25-26H,2-4,10,17H2,1H3. The number of unbranched alkanes of at least 4 members (excludes halogenated alkanes) is 3. The summed E-state index contributed by atoms with van der Waals surface area (Å²) in [4.78, 5) is 0.343. The molecule has 4 rings (SSSR count). The fourth-order valence-corrected chi connectivity index (χ4v) is 5.30. The first-order valence-corrected chi connectivity index (χ1v) is 11.9. The molecule has 3 aromatic carbocycles. The van der Waals surface area contributed by atoms with Crippen LogP contribution in [0.25, 0.3) is 11.1 Å². The first-order chi connectivity index (χ1) is 14.1. The van der Waals surface area contributed by atoms with E-state index in [0.717, 1.165) is 36.8 Å². The van der Waals surface area contributed by atoms with Gasteiger partial charge in [0.05, 0.1) is 4.90 Å². The van der Waals surface area contributed by atoms with Gasteiger partial charge in [-0.1, -0.05) is 86.8 Å². The molecule has 0 aromatic heterocycles. The van der Waals surface area contributed by atoms with Crippen LogP contribution in [-0.4, -0.2) is 15.0 Å². The molecule has 0 fully saturated rings. The topological polar surface area (TPSA) is 46.2 Å². The first-order valence-electron chi connectivity index (χ1n) is 10.4. The molecular weight excluding hydrogens is 378 g/mol. The average Bonchev–Trinajstić information content (AvgIpc) is 3.08. The molecule has 0 heterocycles. The van der Waals surface area contributed by atoms with Crippen LogP contribution in [0.5, 0.6) is 0 Å². The van der Waals surface area contributed by atoms with Crippen molar-refractivity contribution in [2.45, 2.75) is 43.4 Å². The van der Waals surface area contributed by atoms with Gasteiger partial charge in [0.15, 0.2) is 0 Å². The number of hydrogen-bond donors (Lipinski definition) is 1. The van der Waals surface area contributed by atoms with Crippen LogP contribution in [0.15, 0.2) is 77.7 Å². The molecule has 29 heavy (non-hydrogen) atoms. The molecule has 0 amide bonds. The van der Waals surface area contributed by atoms with Gasteiger partial charge in [-0.2, -0.15) is 0 Å². The fraction of sp³-hybridized carbons (Fsp3) is 0.280. The second-order valence-corrected chi connectivity index (χ2v) is 9.41. The number of fused-ring (bicyclic) bond motifs is 3. The lowest BCUT2D eigenvalue weighted by atomic mass is 9.89. The lowest BCUT2D eigenvalue weighted by molar-refractivity contribution is 0.573. The number of benzene rings is 3. The van der Waals surface area contributed by atoms with Crippen molar-refractivity contribution in [2.24, 2.45) is 0 Å². The predicted octanol–water partition coefficient (Wildman–Crippen LogP) is 5.71. The monoisotopic (exact) mass is 405 g/mol. The Bertz CT molecular complexity index is 1090. The molecule has 0 saturated carbocycles. The second kappa shape index (κ2) is 8.52. The average molecular weight is 406 g/mol. The number of nitrogens with one attached hydrogen (secondary N) is 1.